The zero-order chi connectivity index (χ0) is 15.9. The predicted octanol–water partition coefficient (Wildman–Crippen LogP) is 3.84. The number of nitrogens with zero attached hydrogens (tertiary/aromatic N) is 3. The smallest absolute Gasteiger partial charge is 0.135 e. The van der Waals surface area contributed by atoms with E-state index in [0.29, 0.717) is 22.9 Å². The first-order valence-electron chi connectivity index (χ1n) is 6.95. The van der Waals surface area contributed by atoms with Crippen LogP contribution >= 0.6 is 0 Å². The molecule has 3 rings (SSSR count). The van der Waals surface area contributed by atoms with Crippen LogP contribution in [0.5, 0.6) is 0 Å². The van der Waals surface area contributed by atoms with Gasteiger partial charge in [-0.2, -0.15) is 10.2 Å². The number of rotatable bonds is 1. The van der Waals surface area contributed by atoms with E-state index in [0.717, 1.165) is 11.4 Å². The summed E-state index contributed by atoms with van der Waals surface area (Å²) in [6.45, 7) is 3.72. The van der Waals surface area contributed by atoms with Crippen LogP contribution in [0, 0.1) is 5.41 Å². The van der Waals surface area contributed by atoms with Crippen LogP contribution in [0.1, 0.15) is 13.8 Å². The first-order chi connectivity index (χ1) is 10.4. The van der Waals surface area contributed by atoms with Gasteiger partial charge in [0.2, 0.25) is 0 Å². The molecule has 1 aliphatic heterocycles. The Hall–Kier alpha value is -2.89. The summed E-state index contributed by atoms with van der Waals surface area (Å²) in [6, 6.07) is 12.8. The number of anilines is 4. The molecular formula is C16H18N6. The van der Waals surface area contributed by atoms with Gasteiger partial charge in [-0.15, -0.1) is 0 Å². The second kappa shape index (κ2) is 4.84. The maximum absolute atomic E-state index is 8.57. The van der Waals surface area contributed by atoms with Crippen molar-refractivity contribution in [3.8, 4) is 0 Å². The van der Waals surface area contributed by atoms with E-state index in [2.05, 4.69) is 10.2 Å². The normalized spacial score (nSPS) is 16.3. The molecule has 5 N–H and O–H groups in total. The van der Waals surface area contributed by atoms with Crippen LogP contribution < -0.4 is 16.4 Å². The molecule has 0 unspecified atom stereocenters. The van der Waals surface area contributed by atoms with Crippen molar-refractivity contribution in [1.29, 1.82) is 5.41 Å². The van der Waals surface area contributed by atoms with Crippen LogP contribution in [0.4, 0.5) is 28.4 Å². The largest absolute Gasteiger partial charge is 0.399 e. The lowest BCUT2D eigenvalue weighted by Crippen LogP contribution is -2.40. The predicted molar refractivity (Wildman–Crippen MR) is 90.2 cm³/mol. The summed E-state index contributed by atoms with van der Waals surface area (Å²) >= 11 is 0. The SMILES string of the molecule is CC1(C)N=Nc2cc(N)ccc2N(c2ccc(N)cc2)C1=N. The number of amidine groups is 1. The number of hydrogen-bond acceptors (Lipinski definition) is 5. The highest BCUT2D eigenvalue weighted by Gasteiger charge is 2.33. The van der Waals surface area contributed by atoms with Crippen molar-refractivity contribution in [2.24, 2.45) is 10.2 Å². The number of hydrogen-bond donors (Lipinski definition) is 3. The Morgan fingerprint density at radius 2 is 1.64 bits per heavy atom. The number of fused-ring (bicyclic) bond motifs is 1. The number of benzene rings is 2. The van der Waals surface area contributed by atoms with E-state index < -0.39 is 5.54 Å². The van der Waals surface area contributed by atoms with Crippen molar-refractivity contribution in [3.05, 3.63) is 42.5 Å². The summed E-state index contributed by atoms with van der Waals surface area (Å²) < 4.78 is 0. The average Bonchev–Trinajstić information content (AvgIpc) is 2.57. The van der Waals surface area contributed by atoms with Crippen LogP contribution in [0.15, 0.2) is 52.7 Å². The highest BCUT2D eigenvalue weighted by atomic mass is 15.3. The van der Waals surface area contributed by atoms with E-state index in [1.165, 1.54) is 0 Å². The third-order valence-corrected chi connectivity index (χ3v) is 3.60. The van der Waals surface area contributed by atoms with Gasteiger partial charge in [0.25, 0.3) is 0 Å². The molecule has 6 nitrogen and oxygen atoms in total. The zero-order valence-electron chi connectivity index (χ0n) is 12.5. The Morgan fingerprint density at radius 1 is 1.00 bits per heavy atom. The summed E-state index contributed by atoms with van der Waals surface area (Å²) in [5.41, 5.74) is 14.4. The van der Waals surface area contributed by atoms with E-state index in [-0.39, 0.29) is 0 Å². The fourth-order valence-corrected chi connectivity index (χ4v) is 2.32. The van der Waals surface area contributed by atoms with Crippen LogP contribution in [0.3, 0.4) is 0 Å². The topological polar surface area (TPSA) is 104 Å². The quantitative estimate of drug-likeness (QED) is 0.696. The molecule has 1 heterocycles. The minimum atomic E-state index is -0.741. The van der Waals surface area contributed by atoms with Gasteiger partial charge < -0.3 is 11.5 Å². The second-order valence-corrected chi connectivity index (χ2v) is 5.78. The van der Waals surface area contributed by atoms with Crippen molar-refractivity contribution >= 4 is 34.3 Å². The molecule has 0 fully saturated rings. The Labute approximate surface area is 129 Å². The molecule has 1 aliphatic rings. The molecule has 0 bridgehead atoms. The number of nitrogens with one attached hydrogen (secondary N) is 1. The van der Waals surface area contributed by atoms with E-state index in [1.54, 1.807) is 12.1 Å². The lowest BCUT2D eigenvalue weighted by molar-refractivity contribution is 0.653. The van der Waals surface area contributed by atoms with Gasteiger partial charge in [-0.25, -0.2) is 0 Å². The highest BCUT2D eigenvalue weighted by Crippen LogP contribution is 2.40. The molecule has 0 aromatic heterocycles. The fraction of sp³-hybridized carbons (Fsp3) is 0.188. The highest BCUT2D eigenvalue weighted by molar-refractivity contribution is 6.10. The zero-order valence-corrected chi connectivity index (χ0v) is 12.5. The van der Waals surface area contributed by atoms with Crippen molar-refractivity contribution in [2.45, 2.75) is 19.4 Å². The lowest BCUT2D eigenvalue weighted by atomic mass is 10.0. The van der Waals surface area contributed by atoms with Crippen LogP contribution in [-0.4, -0.2) is 11.4 Å². The lowest BCUT2D eigenvalue weighted by Gasteiger charge is -2.30. The minimum Gasteiger partial charge on any atom is -0.399 e. The minimum absolute atomic E-state index is 0.338. The molecule has 0 atom stereocenters. The van der Waals surface area contributed by atoms with Gasteiger partial charge in [0, 0.05) is 17.1 Å². The summed E-state index contributed by atoms with van der Waals surface area (Å²) in [5, 5.41) is 17.1. The third-order valence-electron chi connectivity index (χ3n) is 3.60. The summed E-state index contributed by atoms with van der Waals surface area (Å²) in [6.07, 6.45) is 0. The Morgan fingerprint density at radius 3 is 2.32 bits per heavy atom. The third kappa shape index (κ3) is 2.28. The molecule has 2 aromatic carbocycles. The van der Waals surface area contributed by atoms with Crippen LogP contribution in [0.25, 0.3) is 0 Å². The molecule has 22 heavy (non-hydrogen) atoms. The molecule has 0 spiro atoms. The van der Waals surface area contributed by atoms with Crippen LogP contribution in [-0.2, 0) is 0 Å². The molecule has 0 saturated heterocycles. The van der Waals surface area contributed by atoms with Gasteiger partial charge in [-0.1, -0.05) is 0 Å². The van der Waals surface area contributed by atoms with Crippen molar-refractivity contribution < 1.29 is 0 Å². The molecule has 2 aromatic rings. The van der Waals surface area contributed by atoms with Gasteiger partial charge in [0.1, 0.15) is 17.1 Å². The van der Waals surface area contributed by atoms with Gasteiger partial charge in [-0.3, -0.25) is 10.3 Å². The molecule has 0 radical (unpaired) electrons. The maximum atomic E-state index is 8.57. The van der Waals surface area contributed by atoms with E-state index >= 15 is 0 Å². The van der Waals surface area contributed by atoms with Gasteiger partial charge in [-0.05, 0) is 56.3 Å². The van der Waals surface area contributed by atoms with Crippen molar-refractivity contribution in [2.75, 3.05) is 16.4 Å². The Kier molecular flexibility index (Phi) is 3.09. The first-order valence-corrected chi connectivity index (χ1v) is 6.95. The van der Waals surface area contributed by atoms with Gasteiger partial charge in [0.05, 0.1) is 5.69 Å². The maximum Gasteiger partial charge on any atom is 0.135 e. The van der Waals surface area contributed by atoms with Gasteiger partial charge >= 0.3 is 0 Å². The van der Waals surface area contributed by atoms with Crippen LogP contribution in [0.2, 0.25) is 0 Å². The second-order valence-electron chi connectivity index (χ2n) is 5.78. The molecule has 0 aliphatic carbocycles. The molecule has 0 saturated carbocycles. The molecule has 6 heteroatoms. The monoisotopic (exact) mass is 294 g/mol. The number of nitrogen functional groups attached to an aromatic ring is 2. The van der Waals surface area contributed by atoms with E-state index in [4.69, 9.17) is 16.9 Å². The van der Waals surface area contributed by atoms with Crippen molar-refractivity contribution in [3.63, 3.8) is 0 Å². The summed E-state index contributed by atoms with van der Waals surface area (Å²) in [7, 11) is 0. The number of azo groups is 1. The van der Waals surface area contributed by atoms with Crippen molar-refractivity contribution in [1.82, 2.24) is 0 Å². The summed E-state index contributed by atoms with van der Waals surface area (Å²) in [5.74, 6) is 0.338. The standard InChI is InChI=1S/C16H18N6/c1-16(2)15(19)22(12-6-3-10(17)4-7-12)14-8-5-11(18)9-13(14)20-21-16/h3-9,19H,17-18H2,1-2H3. The Bertz CT molecular complexity index is 761. The number of nitrogens with two attached hydrogens (primary N) is 2. The molecule has 0 amide bonds. The fourth-order valence-electron chi connectivity index (χ4n) is 2.32. The Balaban J connectivity index is 2.22. The molecular weight excluding hydrogens is 276 g/mol. The van der Waals surface area contributed by atoms with E-state index in [9.17, 15) is 0 Å². The summed E-state index contributed by atoms with van der Waals surface area (Å²) in [4.78, 5) is 1.83. The average molecular weight is 294 g/mol. The van der Waals surface area contributed by atoms with Gasteiger partial charge in [0.15, 0.2) is 0 Å². The first kappa shape index (κ1) is 14.1. The van der Waals surface area contributed by atoms with E-state index in [1.807, 2.05) is 49.1 Å². The molecule has 112 valence electrons.